The monoisotopic (exact) mass is 262 g/mol. The third-order valence-electron chi connectivity index (χ3n) is 4.18. The van der Waals surface area contributed by atoms with Gasteiger partial charge in [0.1, 0.15) is 0 Å². The van der Waals surface area contributed by atoms with Gasteiger partial charge >= 0.3 is 0 Å². The molecule has 0 aromatic heterocycles. The van der Waals surface area contributed by atoms with Crippen molar-refractivity contribution in [1.82, 2.24) is 10.2 Å². The Bertz CT molecular complexity index is 350. The van der Waals surface area contributed by atoms with Crippen LogP contribution >= 0.6 is 0 Å². The molecule has 2 heteroatoms. The van der Waals surface area contributed by atoms with Crippen LogP contribution in [0.4, 0.5) is 0 Å². The molecular weight excluding hydrogens is 232 g/mol. The molecule has 0 saturated carbocycles. The van der Waals surface area contributed by atoms with Gasteiger partial charge in [0.2, 0.25) is 0 Å². The van der Waals surface area contributed by atoms with E-state index in [-0.39, 0.29) is 5.41 Å². The third kappa shape index (κ3) is 4.63. The molecule has 108 valence electrons. The lowest BCUT2D eigenvalue weighted by molar-refractivity contribution is 0.196. The van der Waals surface area contributed by atoms with Crippen molar-refractivity contribution >= 4 is 0 Å². The predicted octanol–water partition coefficient (Wildman–Crippen LogP) is 3.28. The fourth-order valence-electron chi connectivity index (χ4n) is 2.51. The van der Waals surface area contributed by atoms with E-state index < -0.39 is 0 Å². The maximum Gasteiger partial charge on any atom is 0.0177 e. The maximum atomic E-state index is 3.52. The molecule has 19 heavy (non-hydrogen) atoms. The topological polar surface area (TPSA) is 15.3 Å². The van der Waals surface area contributed by atoms with Crippen molar-refractivity contribution in [2.45, 2.75) is 45.6 Å². The minimum absolute atomic E-state index is 0.162. The Morgan fingerprint density at radius 3 is 2.37 bits per heavy atom. The van der Waals surface area contributed by atoms with E-state index in [2.05, 4.69) is 75.3 Å². The highest BCUT2D eigenvalue weighted by atomic mass is 15.1. The predicted molar refractivity (Wildman–Crippen MR) is 84.7 cm³/mol. The molecule has 2 unspecified atom stereocenters. The molecule has 0 amide bonds. The van der Waals surface area contributed by atoms with Crippen LogP contribution < -0.4 is 5.32 Å². The molecule has 1 rings (SSSR count). The van der Waals surface area contributed by atoms with Crippen LogP contribution in [0.3, 0.4) is 0 Å². The zero-order valence-electron chi connectivity index (χ0n) is 13.2. The smallest absolute Gasteiger partial charge is 0.0177 e. The highest BCUT2D eigenvalue weighted by molar-refractivity contribution is 5.25. The van der Waals surface area contributed by atoms with Gasteiger partial charge in [0, 0.05) is 24.5 Å². The first-order valence-electron chi connectivity index (χ1n) is 7.50. The van der Waals surface area contributed by atoms with Gasteiger partial charge in [0.15, 0.2) is 0 Å². The van der Waals surface area contributed by atoms with Gasteiger partial charge in [-0.15, -0.1) is 0 Å². The highest BCUT2D eigenvalue weighted by Crippen LogP contribution is 2.25. The lowest BCUT2D eigenvalue weighted by atomic mass is 9.81. The van der Waals surface area contributed by atoms with Crippen molar-refractivity contribution < 1.29 is 0 Å². The quantitative estimate of drug-likeness (QED) is 0.773. The van der Waals surface area contributed by atoms with Crippen molar-refractivity contribution in [3.05, 3.63) is 35.9 Å². The van der Waals surface area contributed by atoms with Crippen molar-refractivity contribution in [2.24, 2.45) is 0 Å². The van der Waals surface area contributed by atoms with Gasteiger partial charge in [-0.05, 0) is 32.5 Å². The van der Waals surface area contributed by atoms with Crippen molar-refractivity contribution in [1.29, 1.82) is 0 Å². The third-order valence-corrected chi connectivity index (χ3v) is 4.18. The van der Waals surface area contributed by atoms with Gasteiger partial charge in [-0.2, -0.15) is 0 Å². The van der Waals surface area contributed by atoms with Crippen LogP contribution in [0.5, 0.6) is 0 Å². The van der Waals surface area contributed by atoms with Gasteiger partial charge in [-0.1, -0.05) is 51.1 Å². The second-order valence-electron chi connectivity index (χ2n) is 5.88. The van der Waals surface area contributed by atoms with Gasteiger partial charge in [0.05, 0.1) is 0 Å². The second kappa shape index (κ2) is 7.66. The van der Waals surface area contributed by atoms with Crippen LogP contribution in [0.2, 0.25) is 0 Å². The molecule has 0 fully saturated rings. The van der Waals surface area contributed by atoms with E-state index in [1.165, 1.54) is 12.0 Å². The normalized spacial score (nSPS) is 16.3. The zero-order valence-corrected chi connectivity index (χ0v) is 13.2. The van der Waals surface area contributed by atoms with Crippen LogP contribution in [0, 0.1) is 0 Å². The zero-order chi connectivity index (χ0) is 14.3. The number of hydrogen-bond donors (Lipinski definition) is 1. The van der Waals surface area contributed by atoms with Crippen LogP contribution in [-0.2, 0) is 5.41 Å². The van der Waals surface area contributed by atoms with Crippen molar-refractivity contribution in [3.8, 4) is 0 Å². The Hall–Kier alpha value is -0.860. The lowest BCUT2D eigenvalue weighted by Gasteiger charge is -2.37. The SMILES string of the molecule is CCNCC(C)(CN(C)C(C)CC)c1ccccc1. The minimum Gasteiger partial charge on any atom is -0.316 e. The van der Waals surface area contributed by atoms with Gasteiger partial charge in [0.25, 0.3) is 0 Å². The molecule has 1 aromatic carbocycles. The molecular formula is C17H30N2. The van der Waals surface area contributed by atoms with Crippen LogP contribution in [0.1, 0.15) is 39.7 Å². The molecule has 0 saturated heterocycles. The standard InChI is InChI=1S/C17H30N2/c1-6-15(3)19(5)14-17(4,13-18-7-2)16-11-9-8-10-12-16/h8-12,15,18H,6-7,13-14H2,1-5H3. The summed E-state index contributed by atoms with van der Waals surface area (Å²) in [6, 6.07) is 11.5. The van der Waals surface area contributed by atoms with Gasteiger partial charge in [-0.25, -0.2) is 0 Å². The fraction of sp³-hybridized carbons (Fsp3) is 0.647. The Morgan fingerprint density at radius 1 is 1.21 bits per heavy atom. The molecule has 1 aromatic rings. The number of hydrogen-bond acceptors (Lipinski definition) is 2. The van der Waals surface area contributed by atoms with Crippen LogP contribution in [-0.4, -0.2) is 37.6 Å². The Morgan fingerprint density at radius 2 is 1.84 bits per heavy atom. The summed E-state index contributed by atoms with van der Waals surface area (Å²) >= 11 is 0. The molecule has 0 aliphatic rings. The number of nitrogens with zero attached hydrogens (tertiary/aromatic N) is 1. The Labute approximate surface area is 119 Å². The average Bonchev–Trinajstić information content (AvgIpc) is 2.45. The number of likely N-dealkylation sites (N-methyl/N-ethyl adjacent to an activating group) is 2. The molecule has 0 heterocycles. The molecule has 2 nitrogen and oxygen atoms in total. The average molecular weight is 262 g/mol. The fourth-order valence-corrected chi connectivity index (χ4v) is 2.51. The molecule has 0 bridgehead atoms. The molecule has 0 spiro atoms. The first-order valence-corrected chi connectivity index (χ1v) is 7.50. The molecule has 2 atom stereocenters. The summed E-state index contributed by atoms with van der Waals surface area (Å²) in [4.78, 5) is 2.48. The van der Waals surface area contributed by atoms with E-state index in [1.54, 1.807) is 0 Å². The lowest BCUT2D eigenvalue weighted by Crippen LogP contribution is -2.46. The Kier molecular flexibility index (Phi) is 6.53. The number of benzene rings is 1. The number of rotatable bonds is 8. The van der Waals surface area contributed by atoms with E-state index in [9.17, 15) is 0 Å². The first-order chi connectivity index (χ1) is 9.03. The van der Waals surface area contributed by atoms with E-state index in [4.69, 9.17) is 0 Å². The van der Waals surface area contributed by atoms with Crippen LogP contribution in [0.25, 0.3) is 0 Å². The minimum atomic E-state index is 0.162. The summed E-state index contributed by atoms with van der Waals surface area (Å²) in [5.41, 5.74) is 1.58. The molecule has 0 radical (unpaired) electrons. The molecule has 0 aliphatic carbocycles. The number of nitrogens with one attached hydrogen (secondary N) is 1. The second-order valence-corrected chi connectivity index (χ2v) is 5.88. The summed E-state index contributed by atoms with van der Waals surface area (Å²) in [7, 11) is 2.24. The first kappa shape index (κ1) is 16.2. The van der Waals surface area contributed by atoms with E-state index in [1.807, 2.05) is 0 Å². The van der Waals surface area contributed by atoms with Crippen molar-refractivity contribution in [3.63, 3.8) is 0 Å². The maximum absolute atomic E-state index is 3.52. The Balaban J connectivity index is 2.87. The van der Waals surface area contributed by atoms with Gasteiger partial charge < -0.3 is 10.2 Å². The summed E-state index contributed by atoms with van der Waals surface area (Å²) < 4.78 is 0. The summed E-state index contributed by atoms with van der Waals surface area (Å²) in [6.45, 7) is 12.2. The van der Waals surface area contributed by atoms with E-state index in [0.717, 1.165) is 19.6 Å². The molecule has 1 N–H and O–H groups in total. The summed E-state index contributed by atoms with van der Waals surface area (Å²) in [5, 5.41) is 3.52. The van der Waals surface area contributed by atoms with E-state index >= 15 is 0 Å². The van der Waals surface area contributed by atoms with E-state index in [0.29, 0.717) is 6.04 Å². The van der Waals surface area contributed by atoms with Crippen molar-refractivity contribution in [2.75, 3.05) is 26.7 Å². The highest BCUT2D eigenvalue weighted by Gasteiger charge is 2.28. The summed E-state index contributed by atoms with van der Waals surface area (Å²) in [6.07, 6.45) is 1.20. The summed E-state index contributed by atoms with van der Waals surface area (Å²) in [5.74, 6) is 0. The largest absolute Gasteiger partial charge is 0.316 e. The molecule has 0 aliphatic heterocycles. The van der Waals surface area contributed by atoms with Gasteiger partial charge in [-0.3, -0.25) is 0 Å². The van der Waals surface area contributed by atoms with Crippen LogP contribution in [0.15, 0.2) is 30.3 Å².